The van der Waals surface area contributed by atoms with E-state index in [-0.39, 0.29) is 0 Å². The van der Waals surface area contributed by atoms with E-state index in [1.807, 2.05) is 25.3 Å². The Morgan fingerprint density at radius 2 is 2.17 bits per heavy atom. The third-order valence-electron chi connectivity index (χ3n) is 3.20. The van der Waals surface area contributed by atoms with Crippen molar-refractivity contribution in [2.75, 3.05) is 16.8 Å². The van der Waals surface area contributed by atoms with Crippen molar-refractivity contribution in [3.63, 3.8) is 0 Å². The quantitative estimate of drug-likeness (QED) is 0.890. The van der Waals surface area contributed by atoms with Crippen LogP contribution in [-0.2, 0) is 10.8 Å². The fourth-order valence-corrected chi connectivity index (χ4v) is 3.47. The molecule has 0 spiro atoms. The third kappa shape index (κ3) is 2.38. The fourth-order valence-electron chi connectivity index (χ4n) is 2.17. The molecule has 0 radical (unpaired) electrons. The molecular weight excluding hydrogens is 248 g/mol. The number of fused-ring (bicyclic) bond motifs is 1. The zero-order chi connectivity index (χ0) is 12.5. The molecule has 0 aliphatic carbocycles. The Morgan fingerprint density at radius 3 is 2.94 bits per heavy atom. The Hall–Kier alpha value is -1.43. The summed E-state index contributed by atoms with van der Waals surface area (Å²) in [6.45, 7) is 2.03. The number of hydrogen-bond donors (Lipinski definition) is 1. The van der Waals surface area contributed by atoms with Crippen LogP contribution < -0.4 is 5.32 Å². The molecule has 0 unspecified atom stereocenters. The summed E-state index contributed by atoms with van der Waals surface area (Å²) in [7, 11) is -0.623. The molecule has 96 valence electrons. The van der Waals surface area contributed by atoms with Crippen LogP contribution in [0.25, 0.3) is 5.65 Å². The summed E-state index contributed by atoms with van der Waals surface area (Å²) < 4.78 is 13.1. The van der Waals surface area contributed by atoms with Crippen molar-refractivity contribution in [2.24, 2.45) is 0 Å². The SMILES string of the molecule is Cc1ccc2nc(NC3CCS(=O)CC3)nn2c1. The van der Waals surface area contributed by atoms with Gasteiger partial charge in [-0.05, 0) is 31.4 Å². The molecule has 6 heteroatoms. The van der Waals surface area contributed by atoms with Crippen molar-refractivity contribution >= 4 is 22.4 Å². The standard InChI is InChI=1S/C12H16N4OS/c1-9-2-3-11-14-12(15-16(11)8-9)13-10-4-6-18(17)7-5-10/h2-3,8,10H,4-7H2,1H3,(H,13,15). The van der Waals surface area contributed by atoms with E-state index >= 15 is 0 Å². The Bertz CT molecular complexity index is 585. The number of aryl methyl sites for hydroxylation is 1. The van der Waals surface area contributed by atoms with E-state index in [2.05, 4.69) is 15.4 Å². The van der Waals surface area contributed by atoms with Crippen molar-refractivity contribution < 1.29 is 4.21 Å². The van der Waals surface area contributed by atoms with Crippen molar-refractivity contribution in [2.45, 2.75) is 25.8 Å². The van der Waals surface area contributed by atoms with Crippen LogP contribution in [-0.4, -0.2) is 36.4 Å². The largest absolute Gasteiger partial charge is 0.350 e. The van der Waals surface area contributed by atoms with Crippen LogP contribution in [0.3, 0.4) is 0 Å². The molecular formula is C12H16N4OS. The van der Waals surface area contributed by atoms with Gasteiger partial charge in [0.05, 0.1) is 0 Å². The summed E-state index contributed by atoms with van der Waals surface area (Å²) in [5.41, 5.74) is 2.01. The Morgan fingerprint density at radius 1 is 1.39 bits per heavy atom. The van der Waals surface area contributed by atoms with Gasteiger partial charge in [0.2, 0.25) is 5.95 Å². The van der Waals surface area contributed by atoms with E-state index < -0.39 is 10.8 Å². The zero-order valence-electron chi connectivity index (χ0n) is 10.3. The van der Waals surface area contributed by atoms with E-state index in [4.69, 9.17) is 0 Å². The van der Waals surface area contributed by atoms with E-state index in [0.29, 0.717) is 12.0 Å². The topological polar surface area (TPSA) is 59.3 Å². The molecule has 2 aromatic heterocycles. The highest BCUT2D eigenvalue weighted by molar-refractivity contribution is 7.85. The maximum atomic E-state index is 11.3. The van der Waals surface area contributed by atoms with E-state index in [1.54, 1.807) is 4.52 Å². The maximum Gasteiger partial charge on any atom is 0.243 e. The lowest BCUT2D eigenvalue weighted by Gasteiger charge is -2.21. The summed E-state index contributed by atoms with van der Waals surface area (Å²) in [5.74, 6) is 2.23. The maximum absolute atomic E-state index is 11.3. The summed E-state index contributed by atoms with van der Waals surface area (Å²) in [4.78, 5) is 4.43. The highest BCUT2D eigenvalue weighted by atomic mass is 32.2. The van der Waals surface area contributed by atoms with E-state index in [9.17, 15) is 4.21 Å². The van der Waals surface area contributed by atoms with Gasteiger partial charge in [-0.3, -0.25) is 4.21 Å². The summed E-state index contributed by atoms with van der Waals surface area (Å²) >= 11 is 0. The van der Waals surface area contributed by atoms with Crippen molar-refractivity contribution in [3.05, 3.63) is 23.9 Å². The van der Waals surface area contributed by atoms with Crippen LogP contribution in [0, 0.1) is 6.92 Å². The minimum atomic E-state index is -0.623. The van der Waals surface area contributed by atoms with Gasteiger partial charge in [0.15, 0.2) is 5.65 Å². The second-order valence-corrected chi connectivity index (χ2v) is 6.41. The normalized spacial score (nSPS) is 24.3. The Labute approximate surface area is 108 Å². The lowest BCUT2D eigenvalue weighted by molar-refractivity contribution is 0.620. The summed E-state index contributed by atoms with van der Waals surface area (Å²) in [5, 5.41) is 7.74. The van der Waals surface area contributed by atoms with E-state index in [0.717, 1.165) is 35.6 Å². The van der Waals surface area contributed by atoms with Crippen LogP contribution >= 0.6 is 0 Å². The van der Waals surface area contributed by atoms with Crippen molar-refractivity contribution in [1.82, 2.24) is 14.6 Å². The Kier molecular flexibility index (Phi) is 3.03. The molecule has 0 amide bonds. The fraction of sp³-hybridized carbons (Fsp3) is 0.500. The molecule has 1 aliphatic heterocycles. The molecule has 3 heterocycles. The number of hydrogen-bond acceptors (Lipinski definition) is 4. The van der Waals surface area contributed by atoms with Gasteiger partial charge in [0, 0.05) is 34.5 Å². The number of anilines is 1. The summed E-state index contributed by atoms with van der Waals surface area (Å²) in [6, 6.07) is 4.34. The minimum absolute atomic E-state index is 0.348. The molecule has 1 fully saturated rings. The number of rotatable bonds is 2. The first-order chi connectivity index (χ1) is 8.70. The van der Waals surface area contributed by atoms with Gasteiger partial charge >= 0.3 is 0 Å². The van der Waals surface area contributed by atoms with Crippen molar-refractivity contribution in [3.8, 4) is 0 Å². The second-order valence-electron chi connectivity index (χ2n) is 4.71. The number of nitrogens with zero attached hydrogens (tertiary/aromatic N) is 3. The smallest absolute Gasteiger partial charge is 0.243 e. The van der Waals surface area contributed by atoms with Crippen LogP contribution in [0.5, 0.6) is 0 Å². The first-order valence-electron chi connectivity index (χ1n) is 6.15. The van der Waals surface area contributed by atoms with Crippen LogP contribution in [0.4, 0.5) is 5.95 Å². The molecule has 2 aromatic rings. The molecule has 0 aromatic carbocycles. The second kappa shape index (κ2) is 4.68. The van der Waals surface area contributed by atoms with Crippen molar-refractivity contribution in [1.29, 1.82) is 0 Å². The molecule has 3 rings (SSSR count). The molecule has 1 N–H and O–H groups in total. The Balaban J connectivity index is 1.76. The predicted octanol–water partition coefficient (Wildman–Crippen LogP) is 1.36. The highest BCUT2D eigenvalue weighted by Gasteiger charge is 2.18. The lowest BCUT2D eigenvalue weighted by Crippen LogP contribution is -2.29. The van der Waals surface area contributed by atoms with Crippen LogP contribution in [0.2, 0.25) is 0 Å². The molecule has 0 bridgehead atoms. The average molecular weight is 264 g/mol. The average Bonchev–Trinajstić information content (AvgIpc) is 2.73. The first kappa shape index (κ1) is 11.6. The van der Waals surface area contributed by atoms with E-state index in [1.165, 1.54) is 0 Å². The highest BCUT2D eigenvalue weighted by Crippen LogP contribution is 2.14. The minimum Gasteiger partial charge on any atom is -0.350 e. The van der Waals surface area contributed by atoms with Crippen LogP contribution in [0.15, 0.2) is 18.3 Å². The predicted molar refractivity (Wildman–Crippen MR) is 72.2 cm³/mol. The van der Waals surface area contributed by atoms with Gasteiger partial charge in [-0.1, -0.05) is 6.07 Å². The van der Waals surface area contributed by atoms with Gasteiger partial charge < -0.3 is 5.32 Å². The zero-order valence-corrected chi connectivity index (χ0v) is 11.1. The van der Waals surface area contributed by atoms with Crippen LogP contribution in [0.1, 0.15) is 18.4 Å². The lowest BCUT2D eigenvalue weighted by atomic mass is 10.2. The van der Waals surface area contributed by atoms with Gasteiger partial charge in [0.25, 0.3) is 0 Å². The first-order valence-corrected chi connectivity index (χ1v) is 7.64. The summed E-state index contributed by atoms with van der Waals surface area (Å²) in [6.07, 6.45) is 3.83. The number of pyridine rings is 1. The molecule has 1 aliphatic rings. The number of nitrogens with one attached hydrogen (secondary N) is 1. The van der Waals surface area contributed by atoms with Gasteiger partial charge in [-0.2, -0.15) is 4.98 Å². The molecule has 0 saturated carbocycles. The third-order valence-corrected chi connectivity index (χ3v) is 4.58. The van der Waals surface area contributed by atoms with Gasteiger partial charge in [-0.25, -0.2) is 4.52 Å². The molecule has 1 saturated heterocycles. The monoisotopic (exact) mass is 264 g/mol. The number of aromatic nitrogens is 3. The van der Waals surface area contributed by atoms with Gasteiger partial charge in [-0.15, -0.1) is 5.10 Å². The molecule has 5 nitrogen and oxygen atoms in total. The molecule has 0 atom stereocenters. The molecule has 18 heavy (non-hydrogen) atoms. The van der Waals surface area contributed by atoms with Gasteiger partial charge in [0.1, 0.15) is 0 Å².